The zero-order chi connectivity index (χ0) is 33.7. The molecule has 1 unspecified atom stereocenters. The lowest BCUT2D eigenvalue weighted by atomic mass is 9.92. The van der Waals surface area contributed by atoms with Crippen LogP contribution >= 0.6 is 0 Å². The Balaban J connectivity index is 1.35. The lowest BCUT2D eigenvalue weighted by Gasteiger charge is -2.39. The molecule has 0 fully saturated rings. The molecule has 0 saturated heterocycles. The lowest BCUT2D eigenvalue weighted by Crippen LogP contribution is -2.53. The van der Waals surface area contributed by atoms with Crippen molar-refractivity contribution in [3.63, 3.8) is 0 Å². The summed E-state index contributed by atoms with van der Waals surface area (Å²) in [5.74, 6) is -1.14. The molecule has 1 aliphatic rings. The highest BCUT2D eigenvalue weighted by atomic mass is 19.4. The van der Waals surface area contributed by atoms with Crippen molar-refractivity contribution in [1.82, 2.24) is 25.0 Å². The van der Waals surface area contributed by atoms with Crippen LogP contribution in [0, 0.1) is 0 Å². The summed E-state index contributed by atoms with van der Waals surface area (Å²) in [6.07, 6.45) is 4.14. The highest BCUT2D eigenvalue weighted by Crippen LogP contribution is 2.31. The molecule has 0 aliphatic carbocycles. The maximum Gasteiger partial charge on any atom is 0.416 e. The van der Waals surface area contributed by atoms with E-state index in [1.165, 1.54) is 29.8 Å². The molecular formula is C38H34F3N5O2. The molecule has 10 heteroatoms. The minimum absolute atomic E-state index is 0.113. The van der Waals surface area contributed by atoms with Crippen molar-refractivity contribution in [2.24, 2.45) is 0 Å². The number of amides is 2. The Labute approximate surface area is 276 Å². The normalized spacial score (nSPS) is 14.4. The second-order valence-corrected chi connectivity index (χ2v) is 11.9. The Morgan fingerprint density at radius 2 is 1.60 bits per heavy atom. The van der Waals surface area contributed by atoms with Crippen LogP contribution in [0.15, 0.2) is 116 Å². The summed E-state index contributed by atoms with van der Waals surface area (Å²) in [6, 6.07) is 25.1. The minimum Gasteiger partial charge on any atom is -0.336 e. The predicted octanol–water partition coefficient (Wildman–Crippen LogP) is 7.29. The number of aromatic nitrogens is 3. The van der Waals surface area contributed by atoms with Crippen LogP contribution in [0.5, 0.6) is 0 Å². The second-order valence-electron chi connectivity index (χ2n) is 11.9. The lowest BCUT2D eigenvalue weighted by molar-refractivity contribution is -0.145. The van der Waals surface area contributed by atoms with E-state index in [9.17, 15) is 22.8 Å². The fraction of sp³-hybridized carbons (Fsp3) is 0.211. The van der Waals surface area contributed by atoms with Crippen LogP contribution < -0.4 is 0 Å². The molecule has 2 aromatic heterocycles. The molecule has 2 amide bonds. The predicted molar refractivity (Wildman–Crippen MR) is 177 cm³/mol. The van der Waals surface area contributed by atoms with Gasteiger partial charge >= 0.3 is 6.18 Å². The fourth-order valence-electron chi connectivity index (χ4n) is 6.08. The van der Waals surface area contributed by atoms with Crippen LogP contribution in [-0.4, -0.2) is 49.4 Å². The highest BCUT2D eigenvalue weighted by Gasteiger charge is 2.39. The van der Waals surface area contributed by atoms with Crippen LogP contribution in [0.25, 0.3) is 17.2 Å². The first-order valence-corrected chi connectivity index (χ1v) is 15.7. The number of nitrogens with zero attached hydrogens (tertiary/aromatic N) is 4. The average Bonchev–Trinajstić information content (AvgIpc) is 3.66. The van der Waals surface area contributed by atoms with Crippen molar-refractivity contribution < 1.29 is 22.8 Å². The molecule has 2 atom stereocenters. The molecular weight excluding hydrogens is 615 g/mol. The number of alkyl halides is 3. The number of pyridine rings is 1. The number of H-pyrrole nitrogens is 1. The first-order chi connectivity index (χ1) is 23.2. The topological polar surface area (TPSA) is 82.2 Å². The van der Waals surface area contributed by atoms with Crippen molar-refractivity contribution in [3.8, 4) is 11.1 Å². The third-order valence-electron chi connectivity index (χ3n) is 8.75. The number of benzene rings is 3. The highest BCUT2D eigenvalue weighted by molar-refractivity contribution is 5.96. The molecule has 0 saturated carbocycles. The van der Waals surface area contributed by atoms with Crippen molar-refractivity contribution >= 4 is 17.9 Å². The van der Waals surface area contributed by atoms with E-state index >= 15 is 0 Å². The Kier molecular flexibility index (Phi) is 9.52. The van der Waals surface area contributed by atoms with Gasteiger partial charge in [0, 0.05) is 50.2 Å². The Hall–Kier alpha value is -5.51. The summed E-state index contributed by atoms with van der Waals surface area (Å²) in [6.45, 7) is 2.91. The molecule has 0 radical (unpaired) electrons. The van der Waals surface area contributed by atoms with Crippen LogP contribution in [0.3, 0.4) is 0 Å². The third-order valence-corrected chi connectivity index (χ3v) is 8.75. The quantitative estimate of drug-likeness (QED) is 0.170. The summed E-state index contributed by atoms with van der Waals surface area (Å²) in [5.41, 5.74) is 5.32. The summed E-state index contributed by atoms with van der Waals surface area (Å²) in [5, 5.41) is 7.19. The van der Waals surface area contributed by atoms with Crippen LogP contribution in [0.2, 0.25) is 0 Å². The fourth-order valence-corrected chi connectivity index (χ4v) is 6.08. The molecule has 1 N–H and O–H groups in total. The minimum atomic E-state index is -4.47. The van der Waals surface area contributed by atoms with E-state index in [1.54, 1.807) is 34.5 Å². The molecule has 244 valence electrons. The van der Waals surface area contributed by atoms with Crippen LogP contribution in [0.4, 0.5) is 13.2 Å². The maximum absolute atomic E-state index is 14.6. The van der Waals surface area contributed by atoms with Gasteiger partial charge in [0.05, 0.1) is 11.3 Å². The van der Waals surface area contributed by atoms with Gasteiger partial charge < -0.3 is 9.80 Å². The van der Waals surface area contributed by atoms with Crippen molar-refractivity contribution in [1.29, 1.82) is 0 Å². The van der Waals surface area contributed by atoms with Gasteiger partial charge in [-0.1, -0.05) is 67.6 Å². The third kappa shape index (κ3) is 7.38. The van der Waals surface area contributed by atoms with Gasteiger partial charge in [0.1, 0.15) is 6.04 Å². The monoisotopic (exact) mass is 649 g/mol. The van der Waals surface area contributed by atoms with Crippen LogP contribution in [0.1, 0.15) is 46.4 Å². The first kappa shape index (κ1) is 32.4. The molecule has 0 spiro atoms. The van der Waals surface area contributed by atoms with E-state index in [2.05, 4.69) is 21.2 Å². The Morgan fingerprint density at radius 3 is 2.27 bits per heavy atom. The van der Waals surface area contributed by atoms with Crippen LogP contribution in [-0.2, 0) is 35.3 Å². The van der Waals surface area contributed by atoms with E-state index in [1.807, 2.05) is 61.5 Å². The van der Waals surface area contributed by atoms with Gasteiger partial charge in [-0.15, -0.1) is 0 Å². The smallest absolute Gasteiger partial charge is 0.336 e. The number of halogens is 3. The van der Waals surface area contributed by atoms with E-state index in [0.717, 1.165) is 34.4 Å². The molecule has 5 aromatic rings. The number of carbonyl (C=O) groups excluding carboxylic acids is 2. The van der Waals surface area contributed by atoms with Crippen molar-refractivity contribution in [2.45, 2.75) is 44.6 Å². The van der Waals surface area contributed by atoms with Gasteiger partial charge in [-0.25, -0.2) is 0 Å². The zero-order valence-corrected chi connectivity index (χ0v) is 26.3. The van der Waals surface area contributed by atoms with E-state index in [0.29, 0.717) is 30.8 Å². The molecule has 3 aromatic carbocycles. The first-order valence-electron chi connectivity index (χ1n) is 15.7. The average molecular weight is 650 g/mol. The number of rotatable bonds is 9. The van der Waals surface area contributed by atoms with Crippen molar-refractivity contribution in [2.75, 3.05) is 6.54 Å². The van der Waals surface area contributed by atoms with Gasteiger partial charge in [-0.3, -0.25) is 19.7 Å². The number of carbonyl (C=O) groups is 2. The molecule has 48 heavy (non-hydrogen) atoms. The summed E-state index contributed by atoms with van der Waals surface area (Å²) >= 11 is 0. The molecule has 6 rings (SSSR count). The van der Waals surface area contributed by atoms with Gasteiger partial charge in [0.2, 0.25) is 11.8 Å². The summed E-state index contributed by atoms with van der Waals surface area (Å²) in [4.78, 5) is 36.2. The van der Waals surface area contributed by atoms with Gasteiger partial charge in [0.15, 0.2) is 0 Å². The Morgan fingerprint density at radius 1 is 0.917 bits per heavy atom. The Bertz CT molecular complexity index is 1870. The number of aromatic amines is 1. The molecule has 7 nitrogen and oxygen atoms in total. The van der Waals surface area contributed by atoms with Gasteiger partial charge in [-0.05, 0) is 76.2 Å². The second kappa shape index (κ2) is 14.1. The van der Waals surface area contributed by atoms with Gasteiger partial charge in [0.25, 0.3) is 0 Å². The maximum atomic E-state index is 14.6. The van der Waals surface area contributed by atoms with E-state index in [-0.39, 0.29) is 12.5 Å². The number of fused-ring (bicyclic) bond motifs is 1. The number of hydrogen-bond donors (Lipinski definition) is 1. The summed E-state index contributed by atoms with van der Waals surface area (Å²) < 4.78 is 39.4. The largest absolute Gasteiger partial charge is 0.416 e. The zero-order valence-electron chi connectivity index (χ0n) is 26.3. The van der Waals surface area contributed by atoms with E-state index < -0.39 is 29.6 Å². The number of hydrogen-bond acceptors (Lipinski definition) is 4. The SMILES string of the molecule is CC(c1cc[nH]n1)[C@@H](C(=O)N1CCc2ccccc2C1)N(Cc1ccc(-c2ccncc2)cc1)C(=O)C=Cc1ccc(C(F)(F)F)cc1. The standard InChI is InChI=1S/C38H34F3N5O2/c1-26(34-18-22-43-44-34)36(37(48)45-23-19-29-4-2-3-5-32(29)25-45)46(24-28-6-11-30(12-7-28)31-16-20-42-21-17-31)35(47)15-10-27-8-13-33(14-9-27)38(39,40)41/h2-18,20-22,26,36H,19,23-25H2,1H3,(H,43,44)/t26?,36-/m0/s1. The molecule has 0 bridgehead atoms. The molecule has 1 aliphatic heterocycles. The molecule has 3 heterocycles. The van der Waals surface area contributed by atoms with E-state index in [4.69, 9.17) is 0 Å². The summed E-state index contributed by atoms with van der Waals surface area (Å²) in [7, 11) is 0. The van der Waals surface area contributed by atoms with Gasteiger partial charge in [-0.2, -0.15) is 18.3 Å². The van der Waals surface area contributed by atoms with Crippen molar-refractivity contribution in [3.05, 3.63) is 149 Å². The number of nitrogens with one attached hydrogen (secondary N) is 1.